The quantitative estimate of drug-likeness (QED) is 0.367. The number of carbonyl (C=O) groups excluding carboxylic acids is 3. The van der Waals surface area contributed by atoms with E-state index >= 15 is 0 Å². The third-order valence-electron chi connectivity index (χ3n) is 7.31. The largest absolute Gasteiger partial charge is 0.458 e. The number of rotatable bonds is 8. The Morgan fingerprint density at radius 2 is 1.82 bits per heavy atom. The molecule has 13 heteroatoms. The van der Waals surface area contributed by atoms with Gasteiger partial charge in [0.15, 0.2) is 0 Å². The maximum absolute atomic E-state index is 13.9. The normalized spacial score (nSPS) is 19.0. The number of benzene rings is 1. The molecule has 4 heterocycles. The molecule has 1 aromatic carbocycles. The molecule has 2 aliphatic rings. The molecule has 44 heavy (non-hydrogen) atoms. The van der Waals surface area contributed by atoms with Crippen LogP contribution in [0, 0.1) is 0 Å². The van der Waals surface area contributed by atoms with Gasteiger partial charge in [-0.1, -0.05) is 18.2 Å². The Morgan fingerprint density at radius 1 is 1.11 bits per heavy atom. The number of aromatic nitrogens is 2. The highest BCUT2D eigenvalue weighted by atomic mass is 32.2. The molecule has 2 atom stereocenters. The van der Waals surface area contributed by atoms with Crippen LogP contribution in [-0.2, 0) is 42.0 Å². The highest BCUT2D eigenvalue weighted by Gasteiger charge is 2.51. The molecule has 2 aromatic heterocycles. The van der Waals surface area contributed by atoms with Gasteiger partial charge in [-0.15, -0.1) is 11.8 Å². The summed E-state index contributed by atoms with van der Waals surface area (Å²) in [7, 11) is -4.05. The summed E-state index contributed by atoms with van der Waals surface area (Å²) in [6.07, 6.45) is 4.71. The number of anilines is 2. The molecule has 0 radical (unpaired) electrons. The Balaban J connectivity index is 1.39. The predicted octanol–water partition coefficient (Wildman–Crippen LogP) is 3.61. The van der Waals surface area contributed by atoms with Crippen molar-refractivity contribution in [3.05, 3.63) is 78.2 Å². The van der Waals surface area contributed by atoms with Gasteiger partial charge in [0.05, 0.1) is 18.0 Å². The standard InChI is InChI=1S/C31H35N5O6S2/c1-30(2,3)42-29(39)24(16-20-10-12-22(13-11-20)36-25(37)17-21-8-6-15-33-27(21)36)34-28(38)26-31(4,5)43-19-35(26)44(40,41)23-9-7-14-32-18-23/h6-15,18,24,26H,16-17,19H2,1-5H3,(H,34,38)/t24-,26+/m0/s1. The number of hydrogen-bond donors (Lipinski definition) is 1. The van der Waals surface area contributed by atoms with E-state index in [9.17, 15) is 22.8 Å². The molecular weight excluding hydrogens is 603 g/mol. The van der Waals surface area contributed by atoms with Crippen LogP contribution in [0.1, 0.15) is 45.7 Å². The summed E-state index contributed by atoms with van der Waals surface area (Å²) >= 11 is 1.34. The van der Waals surface area contributed by atoms with Crippen molar-refractivity contribution in [2.75, 3.05) is 10.8 Å². The monoisotopic (exact) mass is 637 g/mol. The van der Waals surface area contributed by atoms with E-state index < -0.39 is 44.3 Å². The van der Waals surface area contributed by atoms with Crippen molar-refractivity contribution < 1.29 is 27.5 Å². The lowest BCUT2D eigenvalue weighted by molar-refractivity contribution is -0.158. The van der Waals surface area contributed by atoms with Crippen molar-refractivity contribution in [3.8, 4) is 0 Å². The van der Waals surface area contributed by atoms with Crippen molar-refractivity contribution in [3.63, 3.8) is 0 Å². The van der Waals surface area contributed by atoms with Crippen molar-refractivity contribution in [2.45, 2.75) is 74.8 Å². The van der Waals surface area contributed by atoms with Crippen molar-refractivity contribution in [1.29, 1.82) is 0 Å². The highest BCUT2D eigenvalue weighted by Crippen LogP contribution is 2.42. The van der Waals surface area contributed by atoms with Gasteiger partial charge in [0.25, 0.3) is 0 Å². The second-order valence-electron chi connectivity index (χ2n) is 12.2. The second kappa shape index (κ2) is 11.9. The molecule has 11 nitrogen and oxygen atoms in total. The number of thioether (sulfide) groups is 1. The Labute approximate surface area is 261 Å². The summed E-state index contributed by atoms with van der Waals surface area (Å²) in [6.45, 7) is 8.80. The van der Waals surface area contributed by atoms with Crippen molar-refractivity contribution in [1.82, 2.24) is 19.6 Å². The fraction of sp³-hybridized carbons (Fsp3) is 0.387. The highest BCUT2D eigenvalue weighted by molar-refractivity contribution is 8.02. The first-order valence-corrected chi connectivity index (χ1v) is 16.5. The average molecular weight is 638 g/mol. The molecule has 2 amide bonds. The number of nitrogens with zero attached hydrogens (tertiary/aromatic N) is 4. The van der Waals surface area contributed by atoms with E-state index in [1.54, 1.807) is 76.0 Å². The number of nitrogens with one attached hydrogen (secondary N) is 1. The van der Waals surface area contributed by atoms with Gasteiger partial charge in [-0.25, -0.2) is 18.2 Å². The van der Waals surface area contributed by atoms with E-state index in [0.717, 1.165) is 9.87 Å². The molecule has 0 unspecified atom stereocenters. The Hall–Kier alpha value is -3.81. The molecule has 5 rings (SSSR count). The van der Waals surface area contributed by atoms with Crippen LogP contribution in [-0.4, -0.2) is 68.8 Å². The SMILES string of the molecule is CC(C)(C)OC(=O)[C@H](Cc1ccc(N2C(=O)Cc3cccnc32)cc1)NC(=O)[C@H]1N(S(=O)(=O)c2cccnc2)CSC1(C)C. The molecule has 232 valence electrons. The van der Waals surface area contributed by atoms with Gasteiger partial charge < -0.3 is 10.1 Å². The van der Waals surface area contributed by atoms with Crippen LogP contribution in [0.15, 0.2) is 72.0 Å². The zero-order valence-electron chi connectivity index (χ0n) is 25.2. The van der Waals surface area contributed by atoms with Crippen LogP contribution in [0.2, 0.25) is 0 Å². The molecule has 0 bridgehead atoms. The minimum absolute atomic E-state index is 0.0193. The molecular formula is C31H35N5O6S2. The lowest BCUT2D eigenvalue weighted by Gasteiger charge is -2.32. The maximum Gasteiger partial charge on any atom is 0.329 e. The zero-order chi connectivity index (χ0) is 31.9. The van der Waals surface area contributed by atoms with Gasteiger partial charge in [-0.2, -0.15) is 4.31 Å². The number of carbonyl (C=O) groups is 3. The summed E-state index contributed by atoms with van der Waals surface area (Å²) in [5.41, 5.74) is 1.37. The van der Waals surface area contributed by atoms with Gasteiger partial charge in [0.1, 0.15) is 28.4 Å². The molecule has 1 fully saturated rings. The topological polar surface area (TPSA) is 139 Å². The molecule has 1 saturated heterocycles. The number of ether oxygens (including phenoxy) is 1. The molecule has 0 spiro atoms. The van der Waals surface area contributed by atoms with Crippen LogP contribution in [0.5, 0.6) is 0 Å². The van der Waals surface area contributed by atoms with Crippen LogP contribution < -0.4 is 10.2 Å². The summed E-state index contributed by atoms with van der Waals surface area (Å²) in [5, 5.41) is 2.81. The van der Waals surface area contributed by atoms with Crippen molar-refractivity contribution in [2.24, 2.45) is 0 Å². The van der Waals surface area contributed by atoms with Crippen LogP contribution in [0.25, 0.3) is 0 Å². The van der Waals surface area contributed by atoms with E-state index in [0.29, 0.717) is 17.1 Å². The van der Waals surface area contributed by atoms with E-state index in [1.165, 1.54) is 36.3 Å². The first kappa shape index (κ1) is 31.6. The first-order valence-electron chi connectivity index (χ1n) is 14.1. The summed E-state index contributed by atoms with van der Waals surface area (Å²) in [5.74, 6) is -0.688. The number of sulfonamides is 1. The first-order chi connectivity index (χ1) is 20.7. The fourth-order valence-corrected chi connectivity index (χ4v) is 8.38. The number of fused-ring (bicyclic) bond motifs is 1. The number of hydrogen-bond acceptors (Lipinski definition) is 9. The molecule has 3 aromatic rings. The van der Waals surface area contributed by atoms with Crippen LogP contribution in [0.4, 0.5) is 11.5 Å². The summed E-state index contributed by atoms with van der Waals surface area (Å²) in [6, 6.07) is 11.5. The van der Waals surface area contributed by atoms with Gasteiger partial charge in [0.2, 0.25) is 21.8 Å². The Morgan fingerprint density at radius 3 is 2.48 bits per heavy atom. The molecule has 0 saturated carbocycles. The minimum Gasteiger partial charge on any atom is -0.458 e. The van der Waals surface area contributed by atoms with Crippen LogP contribution in [0.3, 0.4) is 0 Å². The van der Waals surface area contributed by atoms with E-state index in [4.69, 9.17) is 4.74 Å². The van der Waals surface area contributed by atoms with Crippen LogP contribution >= 0.6 is 11.8 Å². The summed E-state index contributed by atoms with van der Waals surface area (Å²) in [4.78, 5) is 49.8. The Bertz CT molecular complexity index is 1670. The fourth-order valence-electron chi connectivity index (χ4n) is 5.25. The lowest BCUT2D eigenvalue weighted by atomic mass is 10.0. The third-order valence-corrected chi connectivity index (χ3v) is 10.6. The Kier molecular flexibility index (Phi) is 8.58. The predicted molar refractivity (Wildman–Crippen MR) is 167 cm³/mol. The van der Waals surface area contributed by atoms with Gasteiger partial charge in [-0.05, 0) is 70.5 Å². The molecule has 1 N–H and O–H groups in total. The lowest BCUT2D eigenvalue weighted by Crippen LogP contribution is -2.57. The van der Waals surface area contributed by atoms with Crippen molar-refractivity contribution >= 4 is 51.1 Å². The molecule has 0 aliphatic carbocycles. The smallest absolute Gasteiger partial charge is 0.329 e. The van der Waals surface area contributed by atoms with Gasteiger partial charge in [-0.3, -0.25) is 19.5 Å². The average Bonchev–Trinajstić information content (AvgIpc) is 3.47. The van der Waals surface area contributed by atoms with E-state index in [-0.39, 0.29) is 29.5 Å². The number of esters is 1. The van der Waals surface area contributed by atoms with Gasteiger partial charge in [0, 0.05) is 35.3 Å². The third kappa shape index (κ3) is 6.49. The van der Waals surface area contributed by atoms with E-state index in [2.05, 4.69) is 15.3 Å². The minimum atomic E-state index is -4.05. The number of pyridine rings is 2. The number of amides is 2. The zero-order valence-corrected chi connectivity index (χ0v) is 26.8. The van der Waals surface area contributed by atoms with Gasteiger partial charge >= 0.3 is 5.97 Å². The summed E-state index contributed by atoms with van der Waals surface area (Å²) < 4.78 is 33.1. The molecule has 2 aliphatic heterocycles. The second-order valence-corrected chi connectivity index (χ2v) is 15.7. The van der Waals surface area contributed by atoms with E-state index in [1.807, 2.05) is 6.07 Å². The maximum atomic E-state index is 13.9.